The largest absolute Gasteiger partial charge is 0.336 e. The van der Waals surface area contributed by atoms with Crippen molar-refractivity contribution < 1.29 is 14.4 Å². The molecule has 2 fully saturated rings. The number of nitrogens with one attached hydrogen (secondary N) is 1. The molecule has 2 aromatic carbocycles. The Balaban J connectivity index is 1.58. The Hall–Kier alpha value is -2.89. The molecule has 152 valence electrons. The summed E-state index contributed by atoms with van der Waals surface area (Å²) in [6.45, 7) is 5.54. The summed E-state index contributed by atoms with van der Waals surface area (Å²) < 4.78 is 0. The summed E-state index contributed by atoms with van der Waals surface area (Å²) in [6, 6.07) is 13.3. The van der Waals surface area contributed by atoms with Crippen LogP contribution in [-0.2, 0) is 15.1 Å². The van der Waals surface area contributed by atoms with Gasteiger partial charge >= 0.3 is 6.03 Å². The summed E-state index contributed by atoms with van der Waals surface area (Å²) in [5.74, 6) is -0.556. The number of hydrogen-bond donors (Lipinski definition) is 1. The van der Waals surface area contributed by atoms with Crippen LogP contribution in [0.1, 0.15) is 45.6 Å². The maximum atomic E-state index is 13.2. The van der Waals surface area contributed by atoms with Crippen LogP contribution >= 0.6 is 0 Å². The lowest BCUT2D eigenvalue weighted by molar-refractivity contribution is -0.142. The third-order valence-electron chi connectivity index (χ3n) is 6.38. The van der Waals surface area contributed by atoms with Gasteiger partial charge in [0.05, 0.1) is 0 Å². The highest BCUT2D eigenvalue weighted by Crippen LogP contribution is 2.31. The van der Waals surface area contributed by atoms with Gasteiger partial charge in [-0.15, -0.1) is 0 Å². The van der Waals surface area contributed by atoms with Gasteiger partial charge in [0.1, 0.15) is 12.1 Å². The first kappa shape index (κ1) is 19.4. The topological polar surface area (TPSA) is 69.7 Å². The van der Waals surface area contributed by atoms with E-state index in [2.05, 4.69) is 5.32 Å². The summed E-state index contributed by atoms with van der Waals surface area (Å²) in [5.41, 5.74) is -0.468. The van der Waals surface area contributed by atoms with Crippen molar-refractivity contribution in [1.82, 2.24) is 15.1 Å². The molecule has 29 heavy (non-hydrogen) atoms. The van der Waals surface area contributed by atoms with Crippen molar-refractivity contribution in [2.75, 3.05) is 6.54 Å². The highest BCUT2D eigenvalue weighted by atomic mass is 16.2. The molecule has 1 N–H and O–H groups in total. The second-order valence-corrected chi connectivity index (χ2v) is 8.44. The third kappa shape index (κ3) is 3.26. The van der Waals surface area contributed by atoms with Gasteiger partial charge in [-0.1, -0.05) is 36.4 Å². The monoisotopic (exact) mass is 393 g/mol. The number of rotatable bonds is 3. The molecule has 2 aromatic rings. The highest BCUT2D eigenvalue weighted by molar-refractivity contribution is 6.09. The zero-order valence-electron chi connectivity index (χ0n) is 17.1. The fourth-order valence-electron chi connectivity index (χ4n) is 4.67. The summed E-state index contributed by atoms with van der Waals surface area (Å²) >= 11 is 0. The van der Waals surface area contributed by atoms with E-state index >= 15 is 0 Å². The summed E-state index contributed by atoms with van der Waals surface area (Å²) in [6.07, 6.45) is 2.99. The number of nitrogens with zero attached hydrogens (tertiary/aromatic N) is 2. The minimum Gasteiger partial charge on any atom is -0.336 e. The molecule has 6 nitrogen and oxygen atoms in total. The number of carbonyl (C=O) groups excluding carboxylic acids is 3. The number of amides is 4. The Morgan fingerprint density at radius 3 is 2.41 bits per heavy atom. The standard InChI is InChI=1S/C23H27N3O3/c1-15-7-6-8-16(2)26(15)20(27)14-25-21(28)23(3,24-22(25)29)19-12-11-17-9-4-5-10-18(17)13-19/h4-5,9-13,15-16H,6-8,14H2,1-3H3,(H,24,29). The molecule has 2 aliphatic rings. The Labute approximate surface area is 170 Å². The second-order valence-electron chi connectivity index (χ2n) is 8.44. The van der Waals surface area contributed by atoms with Crippen molar-refractivity contribution in [1.29, 1.82) is 0 Å². The van der Waals surface area contributed by atoms with Crippen LogP contribution in [0.3, 0.4) is 0 Å². The third-order valence-corrected chi connectivity index (χ3v) is 6.38. The number of hydrogen-bond acceptors (Lipinski definition) is 3. The van der Waals surface area contributed by atoms with Crippen LogP contribution in [-0.4, -0.2) is 46.3 Å². The van der Waals surface area contributed by atoms with Crippen LogP contribution < -0.4 is 5.32 Å². The van der Waals surface area contributed by atoms with Gasteiger partial charge in [-0.25, -0.2) is 4.79 Å². The Morgan fingerprint density at radius 2 is 1.72 bits per heavy atom. The normalized spacial score (nSPS) is 27.4. The van der Waals surface area contributed by atoms with E-state index in [-0.39, 0.29) is 30.4 Å². The predicted molar refractivity (Wildman–Crippen MR) is 111 cm³/mol. The first-order chi connectivity index (χ1) is 13.8. The minimum atomic E-state index is -1.18. The molecule has 3 atom stereocenters. The van der Waals surface area contributed by atoms with Crippen LogP contribution in [0, 0.1) is 0 Å². The molecule has 6 heteroatoms. The van der Waals surface area contributed by atoms with E-state index < -0.39 is 11.6 Å². The van der Waals surface area contributed by atoms with Gasteiger partial charge in [0.15, 0.2) is 0 Å². The van der Waals surface area contributed by atoms with E-state index in [1.54, 1.807) is 6.92 Å². The number of fused-ring (bicyclic) bond motifs is 1. The number of carbonyl (C=O) groups is 3. The van der Waals surface area contributed by atoms with E-state index in [0.29, 0.717) is 5.56 Å². The van der Waals surface area contributed by atoms with Crippen LogP contribution in [0.25, 0.3) is 10.8 Å². The molecule has 0 saturated carbocycles. The number of imide groups is 1. The highest BCUT2D eigenvalue weighted by Gasteiger charge is 2.50. The molecule has 0 spiro atoms. The molecular formula is C23H27N3O3. The summed E-state index contributed by atoms with van der Waals surface area (Å²) in [7, 11) is 0. The fraction of sp³-hybridized carbons (Fsp3) is 0.435. The first-order valence-electron chi connectivity index (χ1n) is 10.3. The van der Waals surface area contributed by atoms with E-state index in [1.807, 2.05) is 61.2 Å². The Bertz CT molecular complexity index is 978. The van der Waals surface area contributed by atoms with Crippen LogP contribution in [0.5, 0.6) is 0 Å². The predicted octanol–water partition coefficient (Wildman–Crippen LogP) is 3.40. The number of urea groups is 1. The smallest absolute Gasteiger partial charge is 0.325 e. The van der Waals surface area contributed by atoms with Crippen molar-refractivity contribution >= 4 is 28.6 Å². The lowest BCUT2D eigenvalue weighted by Crippen LogP contribution is -2.52. The molecular weight excluding hydrogens is 366 g/mol. The maximum Gasteiger partial charge on any atom is 0.325 e. The SMILES string of the molecule is CC1CCCC(C)N1C(=O)CN1C(=O)NC(C)(c2ccc3ccccc3c2)C1=O. The zero-order chi connectivity index (χ0) is 20.8. The van der Waals surface area contributed by atoms with E-state index in [9.17, 15) is 14.4 Å². The molecule has 0 aliphatic carbocycles. The Kier molecular flexibility index (Phi) is 4.81. The van der Waals surface area contributed by atoms with Crippen molar-refractivity contribution in [3.05, 3.63) is 48.0 Å². The molecule has 3 unspecified atom stereocenters. The molecule has 4 amide bonds. The molecule has 2 aliphatic heterocycles. The molecule has 2 heterocycles. The summed E-state index contributed by atoms with van der Waals surface area (Å²) in [4.78, 5) is 41.7. The first-order valence-corrected chi connectivity index (χ1v) is 10.3. The zero-order valence-corrected chi connectivity index (χ0v) is 17.1. The van der Waals surface area contributed by atoms with Gasteiger partial charge < -0.3 is 10.2 Å². The van der Waals surface area contributed by atoms with Gasteiger partial charge in [0, 0.05) is 12.1 Å². The second kappa shape index (κ2) is 7.17. The van der Waals surface area contributed by atoms with Crippen molar-refractivity contribution in [2.24, 2.45) is 0 Å². The molecule has 0 radical (unpaired) electrons. The molecule has 4 rings (SSSR count). The van der Waals surface area contributed by atoms with Crippen molar-refractivity contribution in [2.45, 2.75) is 57.7 Å². The van der Waals surface area contributed by atoms with Gasteiger partial charge in [0.25, 0.3) is 5.91 Å². The van der Waals surface area contributed by atoms with Gasteiger partial charge in [0.2, 0.25) is 5.91 Å². The lowest BCUT2D eigenvalue weighted by Gasteiger charge is -2.39. The average Bonchev–Trinajstić information content (AvgIpc) is 2.91. The van der Waals surface area contributed by atoms with E-state index in [0.717, 1.165) is 34.9 Å². The van der Waals surface area contributed by atoms with Gasteiger partial charge in [-0.2, -0.15) is 0 Å². The minimum absolute atomic E-state index is 0.124. The maximum absolute atomic E-state index is 13.2. The van der Waals surface area contributed by atoms with Crippen LogP contribution in [0.15, 0.2) is 42.5 Å². The number of likely N-dealkylation sites (tertiary alicyclic amines) is 1. The van der Waals surface area contributed by atoms with Gasteiger partial charge in [-0.3, -0.25) is 14.5 Å². The quantitative estimate of drug-likeness (QED) is 0.813. The lowest BCUT2D eigenvalue weighted by atomic mass is 9.90. The average molecular weight is 393 g/mol. The number of piperidine rings is 1. The van der Waals surface area contributed by atoms with Crippen molar-refractivity contribution in [3.8, 4) is 0 Å². The molecule has 2 saturated heterocycles. The fourth-order valence-corrected chi connectivity index (χ4v) is 4.67. The van der Waals surface area contributed by atoms with Crippen molar-refractivity contribution in [3.63, 3.8) is 0 Å². The Morgan fingerprint density at radius 1 is 1.07 bits per heavy atom. The van der Waals surface area contributed by atoms with Crippen LogP contribution in [0.4, 0.5) is 4.79 Å². The van der Waals surface area contributed by atoms with Gasteiger partial charge in [-0.05, 0) is 62.4 Å². The van der Waals surface area contributed by atoms with E-state index in [4.69, 9.17) is 0 Å². The summed E-state index contributed by atoms with van der Waals surface area (Å²) in [5, 5.41) is 4.87. The van der Waals surface area contributed by atoms with E-state index in [1.165, 1.54) is 0 Å². The molecule has 0 aromatic heterocycles. The molecule has 0 bridgehead atoms. The number of benzene rings is 2. The van der Waals surface area contributed by atoms with Crippen LogP contribution in [0.2, 0.25) is 0 Å².